The minimum Gasteiger partial charge on any atom is -0.444 e. The third-order valence-corrected chi connectivity index (χ3v) is 1.65. The minimum absolute atomic E-state index is 0.296. The van der Waals surface area contributed by atoms with Crippen LogP contribution in [0.1, 0.15) is 20.8 Å². The van der Waals surface area contributed by atoms with Gasteiger partial charge in [0.05, 0.1) is 6.54 Å². The van der Waals surface area contributed by atoms with Crippen molar-refractivity contribution in [2.75, 3.05) is 6.54 Å². The second kappa shape index (κ2) is 3.45. The van der Waals surface area contributed by atoms with Gasteiger partial charge in [-0.3, -0.25) is 9.80 Å². The van der Waals surface area contributed by atoms with E-state index in [-0.39, 0.29) is 5.91 Å². The summed E-state index contributed by atoms with van der Waals surface area (Å²) in [6.07, 6.45) is -0.594. The third-order valence-electron chi connectivity index (χ3n) is 1.65. The molecule has 0 bridgehead atoms. The van der Waals surface area contributed by atoms with Crippen molar-refractivity contribution in [3.63, 3.8) is 0 Å². The summed E-state index contributed by atoms with van der Waals surface area (Å²) < 4.78 is 4.97. The lowest BCUT2D eigenvalue weighted by atomic mass is 10.1. The maximum atomic E-state index is 11.2. The lowest BCUT2D eigenvalue weighted by molar-refractivity contribution is -0.144. The first kappa shape index (κ1) is 10.8. The normalized spacial score (nSPS) is 21.6. The molecule has 6 heteroatoms. The molecule has 0 saturated carbocycles. The Balaban J connectivity index is 2.32. The van der Waals surface area contributed by atoms with E-state index < -0.39 is 17.7 Å². The summed E-state index contributed by atoms with van der Waals surface area (Å²) in [5, 5.41) is 3.46. The number of carbonyl (C=O) groups excluding carboxylic acids is 2. The zero-order chi connectivity index (χ0) is 10.9. The Morgan fingerprint density at radius 1 is 1.64 bits per heavy atom. The number of hydrazine groups is 1. The van der Waals surface area contributed by atoms with Crippen LogP contribution < -0.4 is 11.2 Å². The van der Waals surface area contributed by atoms with Gasteiger partial charge in [0.2, 0.25) is 0 Å². The fourth-order valence-corrected chi connectivity index (χ4v) is 1.01. The minimum atomic E-state index is -0.594. The van der Waals surface area contributed by atoms with E-state index in [4.69, 9.17) is 10.6 Å². The molecular weight excluding hydrogens is 186 g/mol. The van der Waals surface area contributed by atoms with Crippen LogP contribution in [0.25, 0.3) is 0 Å². The van der Waals surface area contributed by atoms with E-state index in [0.29, 0.717) is 6.54 Å². The first-order valence-corrected chi connectivity index (χ1v) is 4.35. The highest BCUT2D eigenvalue weighted by Gasteiger charge is 2.36. The molecule has 3 N–H and O–H groups in total. The number of hydrogen-bond acceptors (Lipinski definition) is 4. The maximum absolute atomic E-state index is 11.2. The zero-order valence-electron chi connectivity index (χ0n) is 8.53. The van der Waals surface area contributed by atoms with Gasteiger partial charge in [-0.2, -0.15) is 0 Å². The lowest BCUT2D eigenvalue weighted by Gasteiger charge is -2.34. The zero-order valence-corrected chi connectivity index (χ0v) is 8.53. The molecule has 1 aliphatic heterocycles. The number of ether oxygens (including phenoxy) is 1. The maximum Gasteiger partial charge on any atom is 0.408 e. The summed E-state index contributed by atoms with van der Waals surface area (Å²) >= 11 is 0. The average molecular weight is 201 g/mol. The standard InChI is InChI=1S/C8H15N3O3/c1-8(2,3)14-7(13)10-5-4-11(9)6(5)12/h5H,4,9H2,1-3H3,(H,10,13). The topological polar surface area (TPSA) is 84.7 Å². The summed E-state index contributed by atoms with van der Waals surface area (Å²) in [6.45, 7) is 5.59. The number of rotatable bonds is 1. The highest BCUT2D eigenvalue weighted by atomic mass is 16.6. The number of nitrogens with two attached hydrogens (primary N) is 1. The molecule has 14 heavy (non-hydrogen) atoms. The molecule has 0 radical (unpaired) electrons. The molecular formula is C8H15N3O3. The first-order valence-electron chi connectivity index (χ1n) is 4.35. The lowest BCUT2D eigenvalue weighted by Crippen LogP contribution is -2.66. The van der Waals surface area contributed by atoms with E-state index in [1.54, 1.807) is 20.8 Å². The van der Waals surface area contributed by atoms with Crippen molar-refractivity contribution in [3.05, 3.63) is 0 Å². The molecule has 1 atom stereocenters. The number of nitrogens with one attached hydrogen (secondary N) is 1. The van der Waals surface area contributed by atoms with Gasteiger partial charge in [-0.05, 0) is 20.8 Å². The Morgan fingerprint density at radius 3 is 2.57 bits per heavy atom. The van der Waals surface area contributed by atoms with Crippen LogP contribution in [0.4, 0.5) is 4.79 Å². The van der Waals surface area contributed by atoms with Gasteiger partial charge in [0.1, 0.15) is 11.6 Å². The molecule has 1 saturated heterocycles. The van der Waals surface area contributed by atoms with Crippen LogP contribution in [-0.4, -0.2) is 35.2 Å². The molecule has 1 heterocycles. The molecule has 1 fully saturated rings. The summed E-state index contributed by atoms with van der Waals surface area (Å²) in [5.74, 6) is 4.91. The summed E-state index contributed by atoms with van der Waals surface area (Å²) in [7, 11) is 0. The smallest absolute Gasteiger partial charge is 0.408 e. The van der Waals surface area contributed by atoms with E-state index in [1.165, 1.54) is 0 Å². The first-order chi connectivity index (χ1) is 6.29. The number of alkyl carbamates (subject to hydrolysis) is 1. The van der Waals surface area contributed by atoms with Crippen LogP contribution >= 0.6 is 0 Å². The van der Waals surface area contributed by atoms with Crippen LogP contribution in [0.3, 0.4) is 0 Å². The van der Waals surface area contributed by atoms with E-state index in [9.17, 15) is 9.59 Å². The fourth-order valence-electron chi connectivity index (χ4n) is 1.01. The largest absolute Gasteiger partial charge is 0.444 e. The van der Waals surface area contributed by atoms with Crippen molar-refractivity contribution in [3.8, 4) is 0 Å². The number of hydrogen-bond donors (Lipinski definition) is 2. The second-order valence-electron chi connectivity index (χ2n) is 4.19. The Morgan fingerprint density at radius 2 is 2.21 bits per heavy atom. The van der Waals surface area contributed by atoms with Gasteiger partial charge in [0, 0.05) is 0 Å². The van der Waals surface area contributed by atoms with Gasteiger partial charge in [-0.25, -0.2) is 10.6 Å². The van der Waals surface area contributed by atoms with Crippen molar-refractivity contribution in [1.29, 1.82) is 0 Å². The Kier molecular flexibility index (Phi) is 2.66. The second-order valence-corrected chi connectivity index (χ2v) is 4.19. The molecule has 6 nitrogen and oxygen atoms in total. The van der Waals surface area contributed by atoms with E-state index in [0.717, 1.165) is 5.01 Å². The molecule has 0 aromatic rings. The Hall–Kier alpha value is -1.30. The van der Waals surface area contributed by atoms with Gasteiger partial charge in [0.15, 0.2) is 0 Å². The molecule has 1 unspecified atom stereocenters. The summed E-state index contributed by atoms with van der Waals surface area (Å²) in [6, 6.07) is -0.533. The molecule has 80 valence electrons. The van der Waals surface area contributed by atoms with E-state index in [2.05, 4.69) is 5.32 Å². The van der Waals surface area contributed by atoms with E-state index in [1.807, 2.05) is 0 Å². The Labute approximate surface area is 82.3 Å². The SMILES string of the molecule is CC(C)(C)OC(=O)NC1CN(N)C1=O. The number of amides is 2. The fraction of sp³-hybridized carbons (Fsp3) is 0.750. The van der Waals surface area contributed by atoms with Gasteiger partial charge < -0.3 is 10.1 Å². The van der Waals surface area contributed by atoms with Crippen LogP contribution in [-0.2, 0) is 9.53 Å². The Bertz CT molecular complexity index is 259. The summed E-state index contributed by atoms with van der Waals surface area (Å²) in [5.41, 5.74) is -0.556. The van der Waals surface area contributed by atoms with Crippen molar-refractivity contribution in [2.24, 2.45) is 5.84 Å². The molecule has 2 amide bonds. The molecule has 1 aliphatic rings. The third kappa shape index (κ3) is 2.59. The summed E-state index contributed by atoms with van der Waals surface area (Å²) in [4.78, 5) is 22.2. The monoisotopic (exact) mass is 201 g/mol. The van der Waals surface area contributed by atoms with Gasteiger partial charge in [0.25, 0.3) is 5.91 Å². The van der Waals surface area contributed by atoms with Crippen molar-refractivity contribution in [1.82, 2.24) is 10.3 Å². The molecule has 0 aromatic carbocycles. The van der Waals surface area contributed by atoms with Crippen LogP contribution in [0.5, 0.6) is 0 Å². The van der Waals surface area contributed by atoms with Crippen molar-refractivity contribution >= 4 is 12.0 Å². The molecule has 0 spiro atoms. The van der Waals surface area contributed by atoms with Gasteiger partial charge in [-0.1, -0.05) is 0 Å². The van der Waals surface area contributed by atoms with Crippen molar-refractivity contribution in [2.45, 2.75) is 32.4 Å². The van der Waals surface area contributed by atoms with Crippen LogP contribution in [0.15, 0.2) is 0 Å². The predicted octanol–water partition coefficient (Wildman–Crippen LogP) is -0.404. The highest BCUT2D eigenvalue weighted by molar-refractivity contribution is 5.90. The van der Waals surface area contributed by atoms with Crippen LogP contribution in [0.2, 0.25) is 0 Å². The van der Waals surface area contributed by atoms with E-state index >= 15 is 0 Å². The quantitative estimate of drug-likeness (QED) is 0.343. The average Bonchev–Trinajstić information content (AvgIpc) is 2.00. The van der Waals surface area contributed by atoms with Crippen LogP contribution in [0, 0.1) is 0 Å². The molecule has 1 rings (SSSR count). The van der Waals surface area contributed by atoms with Crippen molar-refractivity contribution < 1.29 is 14.3 Å². The number of β-lactam (4-membered cyclic amide) rings is 1. The van der Waals surface area contributed by atoms with Gasteiger partial charge in [-0.15, -0.1) is 0 Å². The molecule has 0 aliphatic carbocycles. The highest BCUT2D eigenvalue weighted by Crippen LogP contribution is 2.09. The molecule has 0 aromatic heterocycles. The van der Waals surface area contributed by atoms with Gasteiger partial charge >= 0.3 is 6.09 Å². The predicted molar refractivity (Wildman–Crippen MR) is 49.1 cm³/mol. The number of nitrogens with zero attached hydrogens (tertiary/aromatic N) is 1. The number of carbonyl (C=O) groups is 2.